The van der Waals surface area contributed by atoms with Gasteiger partial charge in [-0.2, -0.15) is 0 Å². The summed E-state index contributed by atoms with van der Waals surface area (Å²) < 4.78 is 6.44. The summed E-state index contributed by atoms with van der Waals surface area (Å²) in [5, 5.41) is 13.8. The number of fused-ring (bicyclic) bond motifs is 1. The Balaban J connectivity index is 1.91. The highest BCUT2D eigenvalue weighted by Gasteiger charge is 2.25. The number of ether oxygens (including phenoxy) is 1. The van der Waals surface area contributed by atoms with E-state index < -0.39 is 16.5 Å². The molecule has 9 heteroatoms. The predicted octanol–water partition coefficient (Wildman–Crippen LogP) is 3.14. The van der Waals surface area contributed by atoms with Crippen LogP contribution in [0.2, 0.25) is 0 Å². The van der Waals surface area contributed by atoms with E-state index in [1.165, 1.54) is 22.9 Å². The van der Waals surface area contributed by atoms with E-state index in [2.05, 4.69) is 10.3 Å². The molecule has 9 nitrogen and oxygen atoms in total. The van der Waals surface area contributed by atoms with Gasteiger partial charge in [0.05, 0.1) is 11.5 Å². The molecule has 28 heavy (non-hydrogen) atoms. The van der Waals surface area contributed by atoms with Crippen LogP contribution in [0.15, 0.2) is 41.5 Å². The van der Waals surface area contributed by atoms with Crippen molar-refractivity contribution >= 4 is 22.9 Å². The molecule has 1 unspecified atom stereocenters. The molecular weight excluding hydrogens is 364 g/mol. The highest BCUT2D eigenvalue weighted by Crippen LogP contribution is 2.30. The SMILES string of the molecule is CCOC(=O)c1cnc2n(c1=O)C(C)CC/C2=C\Nc1ccc([N+](=O)[O-])cc1. The number of anilines is 1. The second kappa shape index (κ2) is 8.03. The van der Waals surface area contributed by atoms with Crippen LogP contribution in [-0.2, 0) is 4.74 Å². The summed E-state index contributed by atoms with van der Waals surface area (Å²) in [5.74, 6) is -0.186. The Hall–Kier alpha value is -3.49. The number of carbonyl (C=O) groups excluding carboxylic acids is 1. The van der Waals surface area contributed by atoms with Crippen molar-refractivity contribution in [2.45, 2.75) is 32.7 Å². The largest absolute Gasteiger partial charge is 0.462 e. The third kappa shape index (κ3) is 3.78. The van der Waals surface area contributed by atoms with Gasteiger partial charge in [-0.3, -0.25) is 19.5 Å². The van der Waals surface area contributed by atoms with Gasteiger partial charge in [-0.05, 0) is 38.8 Å². The van der Waals surface area contributed by atoms with Gasteiger partial charge >= 0.3 is 5.97 Å². The topological polar surface area (TPSA) is 116 Å². The molecular formula is C19H20N4O5. The van der Waals surface area contributed by atoms with E-state index in [1.54, 1.807) is 25.3 Å². The molecule has 0 amide bonds. The molecule has 1 aliphatic heterocycles. The zero-order chi connectivity index (χ0) is 20.3. The molecule has 0 aliphatic carbocycles. The van der Waals surface area contributed by atoms with Crippen molar-refractivity contribution < 1.29 is 14.5 Å². The lowest BCUT2D eigenvalue weighted by Gasteiger charge is -2.26. The smallest absolute Gasteiger partial charge is 0.345 e. The van der Waals surface area contributed by atoms with Crippen LogP contribution in [0.5, 0.6) is 0 Å². The van der Waals surface area contributed by atoms with Crippen LogP contribution in [0.1, 0.15) is 48.9 Å². The van der Waals surface area contributed by atoms with E-state index in [-0.39, 0.29) is 23.9 Å². The second-order valence-electron chi connectivity index (χ2n) is 6.40. The summed E-state index contributed by atoms with van der Waals surface area (Å²) >= 11 is 0. The normalized spacial score (nSPS) is 17.1. The number of benzene rings is 1. The van der Waals surface area contributed by atoms with E-state index in [4.69, 9.17) is 4.74 Å². The number of nitro groups is 1. The van der Waals surface area contributed by atoms with Crippen molar-refractivity contribution in [3.63, 3.8) is 0 Å². The molecule has 0 saturated heterocycles. The Morgan fingerprint density at radius 2 is 2.14 bits per heavy atom. The first kappa shape index (κ1) is 19.3. The van der Waals surface area contributed by atoms with Gasteiger partial charge in [0.2, 0.25) is 0 Å². The number of nitrogens with zero attached hydrogens (tertiary/aromatic N) is 3. The molecule has 2 heterocycles. The summed E-state index contributed by atoms with van der Waals surface area (Å²) in [6.45, 7) is 3.76. The first-order valence-electron chi connectivity index (χ1n) is 8.91. The number of hydrogen-bond donors (Lipinski definition) is 1. The van der Waals surface area contributed by atoms with Crippen molar-refractivity contribution in [2.75, 3.05) is 11.9 Å². The Morgan fingerprint density at radius 3 is 2.79 bits per heavy atom. The zero-order valence-corrected chi connectivity index (χ0v) is 15.5. The average Bonchev–Trinajstić information content (AvgIpc) is 2.68. The highest BCUT2D eigenvalue weighted by atomic mass is 16.6. The summed E-state index contributed by atoms with van der Waals surface area (Å²) in [6.07, 6.45) is 4.40. The van der Waals surface area contributed by atoms with Gasteiger partial charge in [-0.1, -0.05) is 0 Å². The maximum Gasteiger partial charge on any atom is 0.345 e. The minimum absolute atomic E-state index is 0.00903. The highest BCUT2D eigenvalue weighted by molar-refractivity contribution is 5.88. The van der Waals surface area contributed by atoms with E-state index in [0.29, 0.717) is 24.4 Å². The number of carbonyl (C=O) groups is 1. The van der Waals surface area contributed by atoms with Gasteiger partial charge in [-0.25, -0.2) is 9.78 Å². The van der Waals surface area contributed by atoms with Crippen LogP contribution >= 0.6 is 0 Å². The maximum atomic E-state index is 12.8. The van der Waals surface area contributed by atoms with Crippen molar-refractivity contribution in [3.05, 3.63) is 68.5 Å². The Bertz CT molecular complexity index is 994. The first-order valence-corrected chi connectivity index (χ1v) is 8.91. The fourth-order valence-electron chi connectivity index (χ4n) is 3.06. The van der Waals surface area contributed by atoms with Crippen molar-refractivity contribution in [1.29, 1.82) is 0 Å². The summed E-state index contributed by atoms with van der Waals surface area (Å²) in [6, 6.07) is 5.93. The molecule has 1 aliphatic rings. The molecule has 2 aromatic rings. The Morgan fingerprint density at radius 1 is 1.43 bits per heavy atom. The molecule has 3 rings (SSSR count). The maximum absolute atomic E-state index is 12.8. The third-order valence-corrected chi connectivity index (χ3v) is 4.54. The van der Waals surface area contributed by atoms with Crippen molar-refractivity contribution in [2.24, 2.45) is 0 Å². The molecule has 1 atom stereocenters. The summed E-state index contributed by atoms with van der Waals surface area (Å²) in [5.41, 5.74) is 0.992. The monoisotopic (exact) mass is 384 g/mol. The standard InChI is InChI=1S/C19H20N4O5/c1-3-28-19(25)16-11-21-17-13(5-4-12(2)22(17)18(16)24)10-20-14-6-8-15(9-7-14)23(26)27/h6-12,20H,3-5H2,1-2H3/b13-10+. The minimum Gasteiger partial charge on any atom is -0.462 e. The van der Waals surface area contributed by atoms with Gasteiger partial charge in [0, 0.05) is 41.8 Å². The molecule has 1 aromatic heterocycles. The van der Waals surface area contributed by atoms with Gasteiger partial charge in [0.1, 0.15) is 11.4 Å². The van der Waals surface area contributed by atoms with Gasteiger partial charge in [0.25, 0.3) is 11.2 Å². The Kier molecular flexibility index (Phi) is 5.53. The molecule has 146 valence electrons. The second-order valence-corrected chi connectivity index (χ2v) is 6.40. The average molecular weight is 384 g/mol. The van der Waals surface area contributed by atoms with Crippen LogP contribution < -0.4 is 10.9 Å². The predicted molar refractivity (Wildman–Crippen MR) is 103 cm³/mol. The molecule has 0 spiro atoms. The van der Waals surface area contributed by atoms with Crippen LogP contribution in [0.25, 0.3) is 5.57 Å². The quantitative estimate of drug-likeness (QED) is 0.478. The third-order valence-electron chi connectivity index (χ3n) is 4.54. The molecule has 0 fully saturated rings. The van der Waals surface area contributed by atoms with Crippen LogP contribution in [0, 0.1) is 10.1 Å². The van der Waals surface area contributed by atoms with Gasteiger partial charge in [-0.15, -0.1) is 0 Å². The fourth-order valence-corrected chi connectivity index (χ4v) is 3.06. The number of esters is 1. The number of nitrogens with one attached hydrogen (secondary N) is 1. The van der Waals surface area contributed by atoms with Crippen LogP contribution in [-0.4, -0.2) is 27.1 Å². The van der Waals surface area contributed by atoms with Crippen LogP contribution in [0.4, 0.5) is 11.4 Å². The van der Waals surface area contributed by atoms with E-state index in [0.717, 1.165) is 5.57 Å². The lowest BCUT2D eigenvalue weighted by molar-refractivity contribution is -0.384. The minimum atomic E-state index is -0.678. The molecule has 0 saturated carbocycles. The number of nitro benzene ring substituents is 1. The molecule has 0 radical (unpaired) electrons. The number of hydrogen-bond acceptors (Lipinski definition) is 7. The van der Waals surface area contributed by atoms with E-state index in [9.17, 15) is 19.7 Å². The number of aromatic nitrogens is 2. The van der Waals surface area contributed by atoms with Crippen LogP contribution in [0.3, 0.4) is 0 Å². The summed E-state index contributed by atoms with van der Waals surface area (Å²) in [4.78, 5) is 39.4. The van der Waals surface area contributed by atoms with E-state index in [1.807, 2.05) is 6.92 Å². The molecule has 1 aromatic carbocycles. The van der Waals surface area contributed by atoms with Gasteiger partial charge < -0.3 is 10.1 Å². The lowest BCUT2D eigenvalue weighted by Crippen LogP contribution is -2.34. The fraction of sp³-hybridized carbons (Fsp3) is 0.316. The summed E-state index contributed by atoms with van der Waals surface area (Å²) in [7, 11) is 0. The van der Waals surface area contributed by atoms with E-state index >= 15 is 0 Å². The number of non-ortho nitro benzene ring substituents is 1. The van der Waals surface area contributed by atoms with Crippen molar-refractivity contribution in [1.82, 2.24) is 9.55 Å². The zero-order valence-electron chi connectivity index (χ0n) is 15.5. The molecule has 0 bridgehead atoms. The lowest BCUT2D eigenvalue weighted by atomic mass is 10.0. The number of allylic oxidation sites excluding steroid dienone is 1. The van der Waals surface area contributed by atoms with Gasteiger partial charge in [0.15, 0.2) is 0 Å². The Labute approximate surface area is 160 Å². The first-order chi connectivity index (χ1) is 13.4. The van der Waals surface area contributed by atoms with Crippen molar-refractivity contribution in [3.8, 4) is 0 Å². The molecule has 1 N–H and O–H groups in total. The number of rotatable bonds is 5.